The number of methoxy groups -OCH3 is 1. The molecule has 0 aliphatic carbocycles. The topological polar surface area (TPSA) is 28.1 Å². The van der Waals surface area contributed by atoms with E-state index in [1.807, 2.05) is 25.1 Å². The van der Waals surface area contributed by atoms with Gasteiger partial charge in [0.2, 0.25) is 0 Å². The SMILES string of the molecule is COc1ccccc1N1CCN(N=C(C)c2ccc(F)cc2)CC1. The van der Waals surface area contributed by atoms with E-state index in [-0.39, 0.29) is 5.82 Å². The molecule has 0 bridgehead atoms. The van der Waals surface area contributed by atoms with Crippen molar-refractivity contribution in [2.75, 3.05) is 38.2 Å². The van der Waals surface area contributed by atoms with Crippen LogP contribution in [0.5, 0.6) is 5.75 Å². The van der Waals surface area contributed by atoms with Crippen LogP contribution >= 0.6 is 0 Å². The fraction of sp³-hybridized carbons (Fsp3) is 0.316. The van der Waals surface area contributed by atoms with Gasteiger partial charge in [-0.1, -0.05) is 24.3 Å². The second kappa shape index (κ2) is 7.34. The van der Waals surface area contributed by atoms with Crippen molar-refractivity contribution in [3.05, 3.63) is 59.9 Å². The van der Waals surface area contributed by atoms with Gasteiger partial charge < -0.3 is 9.64 Å². The summed E-state index contributed by atoms with van der Waals surface area (Å²) in [5.74, 6) is 0.675. The summed E-state index contributed by atoms with van der Waals surface area (Å²) >= 11 is 0. The maximum absolute atomic E-state index is 13.0. The summed E-state index contributed by atoms with van der Waals surface area (Å²) in [4.78, 5) is 2.32. The fourth-order valence-corrected chi connectivity index (χ4v) is 2.89. The van der Waals surface area contributed by atoms with E-state index in [4.69, 9.17) is 4.74 Å². The van der Waals surface area contributed by atoms with Crippen molar-refractivity contribution in [1.82, 2.24) is 5.01 Å². The molecular weight excluding hydrogens is 305 g/mol. The van der Waals surface area contributed by atoms with Gasteiger partial charge in [0.1, 0.15) is 11.6 Å². The minimum absolute atomic E-state index is 0.225. The van der Waals surface area contributed by atoms with Crippen LogP contribution in [0.3, 0.4) is 0 Å². The normalized spacial score (nSPS) is 15.5. The van der Waals surface area contributed by atoms with E-state index in [9.17, 15) is 4.39 Å². The molecule has 1 fully saturated rings. The number of nitrogens with zero attached hydrogens (tertiary/aromatic N) is 3. The number of ether oxygens (including phenoxy) is 1. The number of hydrogen-bond donors (Lipinski definition) is 0. The summed E-state index contributed by atoms with van der Waals surface area (Å²) < 4.78 is 18.5. The van der Waals surface area contributed by atoms with E-state index in [0.29, 0.717) is 0 Å². The van der Waals surface area contributed by atoms with E-state index in [1.54, 1.807) is 19.2 Å². The van der Waals surface area contributed by atoms with Crippen LogP contribution in [-0.4, -0.2) is 44.0 Å². The number of anilines is 1. The molecule has 126 valence electrons. The van der Waals surface area contributed by atoms with Crippen molar-refractivity contribution in [3.63, 3.8) is 0 Å². The van der Waals surface area contributed by atoms with Gasteiger partial charge in [-0.3, -0.25) is 5.01 Å². The van der Waals surface area contributed by atoms with E-state index in [0.717, 1.165) is 48.9 Å². The van der Waals surface area contributed by atoms with Crippen molar-refractivity contribution in [2.24, 2.45) is 5.10 Å². The average molecular weight is 327 g/mol. The monoisotopic (exact) mass is 327 g/mol. The van der Waals surface area contributed by atoms with E-state index in [1.165, 1.54) is 12.1 Å². The zero-order valence-corrected chi connectivity index (χ0v) is 14.1. The van der Waals surface area contributed by atoms with Crippen molar-refractivity contribution in [3.8, 4) is 5.75 Å². The van der Waals surface area contributed by atoms with Crippen molar-refractivity contribution in [1.29, 1.82) is 0 Å². The van der Waals surface area contributed by atoms with Crippen LogP contribution in [0.4, 0.5) is 10.1 Å². The Morgan fingerprint density at radius 1 is 1.00 bits per heavy atom. The van der Waals surface area contributed by atoms with Crippen LogP contribution in [0.15, 0.2) is 53.6 Å². The molecular formula is C19H22FN3O. The zero-order valence-electron chi connectivity index (χ0n) is 14.1. The molecule has 0 aromatic heterocycles. The first-order valence-electron chi connectivity index (χ1n) is 8.11. The van der Waals surface area contributed by atoms with Crippen molar-refractivity contribution < 1.29 is 9.13 Å². The summed E-state index contributed by atoms with van der Waals surface area (Å²) in [6.45, 7) is 5.42. The molecule has 1 aliphatic heterocycles. The number of hydrazone groups is 1. The number of piperazine rings is 1. The van der Waals surface area contributed by atoms with Crippen molar-refractivity contribution in [2.45, 2.75) is 6.92 Å². The fourth-order valence-electron chi connectivity index (χ4n) is 2.89. The number of benzene rings is 2. The molecule has 0 atom stereocenters. The number of halogens is 1. The lowest BCUT2D eigenvalue weighted by molar-refractivity contribution is 0.269. The highest BCUT2D eigenvalue weighted by atomic mass is 19.1. The first-order chi connectivity index (χ1) is 11.7. The standard InChI is InChI=1S/C19H22FN3O/c1-15(16-7-9-17(20)10-8-16)21-23-13-11-22(12-14-23)18-5-3-4-6-19(18)24-2/h3-10H,11-14H2,1-2H3. The summed E-state index contributed by atoms with van der Waals surface area (Å²) in [5, 5.41) is 6.75. The third-order valence-electron chi connectivity index (χ3n) is 4.24. The zero-order chi connectivity index (χ0) is 16.9. The summed E-state index contributed by atoms with van der Waals surface area (Å²) in [6, 6.07) is 14.5. The Labute approximate surface area is 142 Å². The van der Waals surface area contributed by atoms with Crippen LogP contribution in [0, 0.1) is 5.82 Å². The van der Waals surface area contributed by atoms with Gasteiger partial charge in [-0.05, 0) is 36.8 Å². The van der Waals surface area contributed by atoms with Crippen LogP contribution < -0.4 is 9.64 Å². The Morgan fingerprint density at radius 3 is 2.33 bits per heavy atom. The molecule has 0 saturated carbocycles. The van der Waals surface area contributed by atoms with Gasteiger partial charge in [-0.15, -0.1) is 0 Å². The third kappa shape index (κ3) is 3.67. The maximum atomic E-state index is 13.0. The van der Waals surface area contributed by atoms with Crippen molar-refractivity contribution >= 4 is 11.4 Å². The number of rotatable bonds is 4. The highest BCUT2D eigenvalue weighted by molar-refractivity contribution is 5.98. The molecule has 0 amide bonds. The quantitative estimate of drug-likeness (QED) is 0.806. The predicted molar refractivity (Wildman–Crippen MR) is 95.4 cm³/mol. The average Bonchev–Trinajstić information content (AvgIpc) is 2.63. The molecule has 4 nitrogen and oxygen atoms in total. The summed E-state index contributed by atoms with van der Waals surface area (Å²) in [6.07, 6.45) is 0. The first kappa shape index (κ1) is 16.3. The van der Waals surface area contributed by atoms with Crippen LogP contribution in [0.25, 0.3) is 0 Å². The van der Waals surface area contributed by atoms with Gasteiger partial charge in [0.25, 0.3) is 0 Å². The molecule has 2 aromatic carbocycles. The molecule has 0 spiro atoms. The molecule has 2 aromatic rings. The van der Waals surface area contributed by atoms with Gasteiger partial charge in [0.15, 0.2) is 0 Å². The smallest absolute Gasteiger partial charge is 0.142 e. The van der Waals surface area contributed by atoms with Gasteiger partial charge in [-0.25, -0.2) is 4.39 Å². The molecule has 1 heterocycles. The molecule has 0 N–H and O–H groups in total. The van der Waals surface area contributed by atoms with E-state index >= 15 is 0 Å². The molecule has 1 saturated heterocycles. The van der Waals surface area contributed by atoms with Gasteiger partial charge in [-0.2, -0.15) is 5.10 Å². The van der Waals surface area contributed by atoms with E-state index < -0.39 is 0 Å². The highest BCUT2D eigenvalue weighted by Crippen LogP contribution is 2.28. The Balaban J connectivity index is 1.64. The Morgan fingerprint density at radius 2 is 1.67 bits per heavy atom. The van der Waals surface area contributed by atoms with Gasteiger partial charge in [0, 0.05) is 13.1 Å². The summed E-state index contributed by atoms with van der Waals surface area (Å²) in [7, 11) is 1.70. The lowest BCUT2D eigenvalue weighted by Gasteiger charge is -2.35. The molecule has 1 aliphatic rings. The van der Waals surface area contributed by atoms with Crippen LogP contribution in [-0.2, 0) is 0 Å². The molecule has 3 rings (SSSR count). The minimum Gasteiger partial charge on any atom is -0.495 e. The number of hydrogen-bond acceptors (Lipinski definition) is 4. The predicted octanol–water partition coefficient (Wildman–Crippen LogP) is 3.38. The molecule has 24 heavy (non-hydrogen) atoms. The van der Waals surface area contributed by atoms with Crippen LogP contribution in [0.1, 0.15) is 12.5 Å². The second-order valence-corrected chi connectivity index (χ2v) is 5.80. The van der Waals surface area contributed by atoms with Crippen LogP contribution in [0.2, 0.25) is 0 Å². The third-order valence-corrected chi connectivity index (χ3v) is 4.24. The Hall–Kier alpha value is -2.56. The molecule has 0 unspecified atom stereocenters. The second-order valence-electron chi connectivity index (χ2n) is 5.80. The summed E-state index contributed by atoms with van der Waals surface area (Å²) in [5.41, 5.74) is 2.98. The first-order valence-corrected chi connectivity index (χ1v) is 8.11. The lowest BCUT2D eigenvalue weighted by Crippen LogP contribution is -2.44. The van der Waals surface area contributed by atoms with Gasteiger partial charge in [0.05, 0.1) is 31.6 Å². The van der Waals surface area contributed by atoms with Gasteiger partial charge >= 0.3 is 0 Å². The largest absolute Gasteiger partial charge is 0.495 e. The molecule has 5 heteroatoms. The van der Waals surface area contributed by atoms with E-state index in [2.05, 4.69) is 21.1 Å². The number of para-hydroxylation sites is 2. The lowest BCUT2D eigenvalue weighted by atomic mass is 10.1. The Kier molecular flexibility index (Phi) is 4.99. The minimum atomic E-state index is -0.225. The highest BCUT2D eigenvalue weighted by Gasteiger charge is 2.18. The molecule has 0 radical (unpaired) electrons. The Bertz CT molecular complexity index is 707. The maximum Gasteiger partial charge on any atom is 0.142 e.